The van der Waals surface area contributed by atoms with Gasteiger partial charge in [-0.3, -0.25) is 9.19 Å². The van der Waals surface area contributed by atoms with Gasteiger partial charge in [-0.15, -0.1) is 0 Å². The molecule has 1 aliphatic rings. The van der Waals surface area contributed by atoms with E-state index in [1.165, 1.54) is 0 Å². The maximum absolute atomic E-state index is 12.9. The molecular weight excluding hydrogens is 338 g/mol. The Balaban J connectivity index is 1.73. The molecule has 1 saturated heterocycles. The summed E-state index contributed by atoms with van der Waals surface area (Å²) in [5.74, 6) is 0. The van der Waals surface area contributed by atoms with Crippen molar-refractivity contribution in [3.63, 3.8) is 0 Å². The molecule has 1 aliphatic heterocycles. The van der Waals surface area contributed by atoms with E-state index in [1.54, 1.807) is 11.1 Å². The van der Waals surface area contributed by atoms with Gasteiger partial charge < -0.3 is 9.64 Å². The molecule has 3 rings (SSSR count). The van der Waals surface area contributed by atoms with E-state index in [4.69, 9.17) is 4.74 Å². The van der Waals surface area contributed by atoms with Crippen LogP contribution < -0.4 is 0 Å². The highest BCUT2D eigenvalue weighted by molar-refractivity contribution is 7.85. The van der Waals surface area contributed by atoms with Gasteiger partial charge in [-0.05, 0) is 45.7 Å². The number of piperidine rings is 1. The number of para-hydroxylation sites is 2. The molecule has 1 amide bonds. The molecule has 1 aromatic carbocycles. The highest BCUT2D eigenvalue weighted by atomic mass is 32.2. The number of benzene rings is 1. The number of ether oxygens (including phenoxy) is 1. The molecule has 2 unspecified atom stereocenters. The normalized spacial score (nSPS) is 19.6. The van der Waals surface area contributed by atoms with E-state index in [-0.39, 0.29) is 11.3 Å². The molecule has 134 valence electrons. The quantitative estimate of drug-likeness (QED) is 0.822. The van der Waals surface area contributed by atoms with Crippen LogP contribution in [-0.4, -0.2) is 49.1 Å². The van der Waals surface area contributed by atoms with E-state index in [1.807, 2.05) is 45.0 Å². The molecule has 6 nitrogen and oxygen atoms in total. The van der Waals surface area contributed by atoms with Gasteiger partial charge in [-0.2, -0.15) is 0 Å². The number of carbonyl (C=O) groups excluding carboxylic acids is 1. The Morgan fingerprint density at radius 2 is 2.00 bits per heavy atom. The number of aromatic nitrogens is 2. The number of hydrogen-bond acceptors (Lipinski definition) is 5. The number of likely N-dealkylation sites (tertiary alicyclic amines) is 1. The smallest absolute Gasteiger partial charge is 0.410 e. The predicted octanol–water partition coefficient (Wildman–Crippen LogP) is 3.14. The van der Waals surface area contributed by atoms with E-state index in [0.29, 0.717) is 18.1 Å². The number of rotatable bonds is 2. The van der Waals surface area contributed by atoms with Crippen molar-refractivity contribution in [1.29, 1.82) is 0 Å². The van der Waals surface area contributed by atoms with Gasteiger partial charge in [0.05, 0.1) is 33.3 Å². The lowest BCUT2D eigenvalue weighted by Crippen LogP contribution is -2.45. The minimum absolute atomic E-state index is 0.156. The zero-order valence-corrected chi connectivity index (χ0v) is 15.6. The van der Waals surface area contributed by atoms with Crippen molar-refractivity contribution in [2.24, 2.45) is 0 Å². The van der Waals surface area contributed by atoms with Crippen molar-refractivity contribution >= 4 is 27.9 Å². The van der Waals surface area contributed by atoms with Crippen LogP contribution >= 0.6 is 0 Å². The van der Waals surface area contributed by atoms with Crippen LogP contribution in [0.25, 0.3) is 11.0 Å². The van der Waals surface area contributed by atoms with E-state index in [0.717, 1.165) is 23.9 Å². The zero-order chi connectivity index (χ0) is 18.0. The standard InChI is InChI=1S/C18H23N3O3S/c1-18(2,3)24-17(22)21-10-6-7-13(12-21)25(23)16-11-19-14-8-4-5-9-15(14)20-16/h4-5,8-9,11,13H,6-7,10,12H2,1-3H3. The molecule has 0 aliphatic carbocycles. The van der Waals surface area contributed by atoms with Crippen LogP contribution in [0.15, 0.2) is 35.5 Å². The summed E-state index contributed by atoms with van der Waals surface area (Å²) in [5, 5.41) is 0.312. The Morgan fingerprint density at radius 3 is 2.72 bits per heavy atom. The Bertz CT molecular complexity index is 803. The van der Waals surface area contributed by atoms with Gasteiger partial charge in [0.2, 0.25) is 0 Å². The summed E-state index contributed by atoms with van der Waals surface area (Å²) >= 11 is 0. The largest absolute Gasteiger partial charge is 0.444 e. The summed E-state index contributed by atoms with van der Waals surface area (Å²) in [5.41, 5.74) is 0.975. The van der Waals surface area contributed by atoms with Crippen molar-refractivity contribution in [3.05, 3.63) is 30.5 Å². The maximum atomic E-state index is 12.9. The number of amides is 1. The average molecular weight is 361 g/mol. The van der Waals surface area contributed by atoms with Crippen LogP contribution in [0.4, 0.5) is 4.79 Å². The summed E-state index contributed by atoms with van der Waals surface area (Å²) in [6, 6.07) is 7.51. The van der Waals surface area contributed by atoms with Crippen LogP contribution in [0.5, 0.6) is 0 Å². The molecule has 0 radical (unpaired) electrons. The van der Waals surface area contributed by atoms with Crippen LogP contribution in [0.1, 0.15) is 33.6 Å². The predicted molar refractivity (Wildman–Crippen MR) is 96.8 cm³/mol. The molecule has 7 heteroatoms. The summed E-state index contributed by atoms with van der Waals surface area (Å²) < 4.78 is 18.4. The SMILES string of the molecule is CC(C)(C)OC(=O)N1CCCC(S(=O)c2cnc3ccccc3n2)C1. The number of fused-ring (bicyclic) bond motifs is 1. The Kier molecular flexibility index (Phi) is 5.03. The average Bonchev–Trinajstić information content (AvgIpc) is 2.59. The summed E-state index contributed by atoms with van der Waals surface area (Å²) in [4.78, 5) is 22.7. The molecule has 2 aromatic rings. The Labute approximate surface area is 150 Å². The van der Waals surface area contributed by atoms with E-state index in [2.05, 4.69) is 9.97 Å². The fourth-order valence-corrected chi connectivity index (χ4v) is 4.20. The van der Waals surface area contributed by atoms with Gasteiger partial charge in [0.15, 0.2) is 0 Å². The molecule has 0 spiro atoms. The second-order valence-electron chi connectivity index (χ2n) is 7.18. The van der Waals surface area contributed by atoms with Gasteiger partial charge in [0.25, 0.3) is 0 Å². The fraction of sp³-hybridized carbons (Fsp3) is 0.500. The summed E-state index contributed by atoms with van der Waals surface area (Å²) in [6.45, 7) is 6.57. The van der Waals surface area contributed by atoms with E-state index in [9.17, 15) is 9.00 Å². The van der Waals surface area contributed by atoms with Crippen molar-refractivity contribution < 1.29 is 13.7 Å². The zero-order valence-electron chi connectivity index (χ0n) is 14.8. The van der Waals surface area contributed by atoms with Crippen molar-refractivity contribution in [2.45, 2.75) is 49.5 Å². The number of hydrogen-bond donors (Lipinski definition) is 0. The molecule has 0 saturated carbocycles. The first kappa shape index (κ1) is 17.8. The second kappa shape index (κ2) is 7.07. The van der Waals surface area contributed by atoms with E-state index < -0.39 is 16.4 Å². The van der Waals surface area contributed by atoms with Crippen LogP contribution in [0, 0.1) is 0 Å². The maximum Gasteiger partial charge on any atom is 0.410 e. The lowest BCUT2D eigenvalue weighted by atomic mass is 10.1. The Hall–Kier alpha value is -2.02. The highest BCUT2D eigenvalue weighted by Crippen LogP contribution is 2.22. The molecule has 1 aromatic heterocycles. The van der Waals surface area contributed by atoms with Crippen molar-refractivity contribution in [1.82, 2.24) is 14.9 Å². The van der Waals surface area contributed by atoms with Crippen molar-refractivity contribution in [2.75, 3.05) is 13.1 Å². The molecule has 2 atom stereocenters. The summed E-state index contributed by atoms with van der Waals surface area (Å²) in [6.07, 6.45) is 2.82. The minimum Gasteiger partial charge on any atom is -0.444 e. The molecule has 2 heterocycles. The molecule has 1 fully saturated rings. The third-order valence-corrected chi connectivity index (χ3v) is 5.56. The summed E-state index contributed by atoms with van der Waals surface area (Å²) in [7, 11) is -1.31. The lowest BCUT2D eigenvalue weighted by Gasteiger charge is -2.33. The highest BCUT2D eigenvalue weighted by Gasteiger charge is 2.31. The van der Waals surface area contributed by atoms with Gasteiger partial charge in [-0.25, -0.2) is 9.78 Å². The molecule has 0 N–H and O–H groups in total. The first-order valence-electron chi connectivity index (χ1n) is 8.44. The molecule has 0 bridgehead atoms. The first-order valence-corrected chi connectivity index (χ1v) is 9.65. The fourth-order valence-electron chi connectivity index (χ4n) is 2.81. The third-order valence-electron chi connectivity index (χ3n) is 3.97. The van der Waals surface area contributed by atoms with Gasteiger partial charge in [-0.1, -0.05) is 12.1 Å². The minimum atomic E-state index is -1.31. The van der Waals surface area contributed by atoms with Crippen LogP contribution in [0.3, 0.4) is 0 Å². The second-order valence-corrected chi connectivity index (χ2v) is 8.86. The van der Waals surface area contributed by atoms with Crippen molar-refractivity contribution in [3.8, 4) is 0 Å². The monoisotopic (exact) mass is 361 g/mol. The number of nitrogens with zero attached hydrogens (tertiary/aromatic N) is 3. The molecular formula is C18H23N3O3S. The lowest BCUT2D eigenvalue weighted by molar-refractivity contribution is 0.0219. The van der Waals surface area contributed by atoms with Gasteiger partial charge >= 0.3 is 6.09 Å². The first-order chi connectivity index (χ1) is 11.8. The Morgan fingerprint density at radius 1 is 1.28 bits per heavy atom. The van der Waals surface area contributed by atoms with Gasteiger partial charge in [0, 0.05) is 13.1 Å². The topological polar surface area (TPSA) is 72.4 Å². The number of carbonyl (C=O) groups is 1. The van der Waals surface area contributed by atoms with Gasteiger partial charge in [0.1, 0.15) is 10.6 Å². The van der Waals surface area contributed by atoms with Crippen LogP contribution in [0.2, 0.25) is 0 Å². The molecule has 25 heavy (non-hydrogen) atoms. The third kappa shape index (κ3) is 4.34. The van der Waals surface area contributed by atoms with E-state index >= 15 is 0 Å². The van der Waals surface area contributed by atoms with Crippen LogP contribution in [-0.2, 0) is 15.5 Å².